The van der Waals surface area contributed by atoms with Crippen molar-refractivity contribution in [2.45, 2.75) is 13.8 Å². The molecule has 0 amide bonds. The van der Waals surface area contributed by atoms with E-state index >= 15 is 0 Å². The van der Waals surface area contributed by atoms with Crippen LogP contribution in [0.4, 0.5) is 5.69 Å². The van der Waals surface area contributed by atoms with Gasteiger partial charge in [0.15, 0.2) is 11.5 Å². The molecule has 2 aliphatic heterocycles. The summed E-state index contributed by atoms with van der Waals surface area (Å²) in [6, 6.07) is 10.3. The molecule has 0 aliphatic carbocycles. The van der Waals surface area contributed by atoms with Gasteiger partial charge in [0.05, 0.1) is 23.0 Å². The summed E-state index contributed by atoms with van der Waals surface area (Å²) in [5.74, 6) is 2.48. The van der Waals surface area contributed by atoms with Crippen LogP contribution in [-0.2, 0) is 0 Å². The first-order valence-corrected chi connectivity index (χ1v) is 9.21. The number of fused-ring (bicyclic) bond motifs is 2. The number of aromatic nitrogens is 2. The molecule has 1 aromatic carbocycles. The average molecular weight is 351 g/mol. The smallest absolute Gasteiger partial charge is 0.231 e. The molecule has 126 valence electrons. The molecule has 0 spiro atoms. The third kappa shape index (κ3) is 2.21. The summed E-state index contributed by atoms with van der Waals surface area (Å²) in [7, 11) is 0. The molecule has 0 radical (unpaired) electrons. The fourth-order valence-electron chi connectivity index (χ4n) is 3.40. The van der Waals surface area contributed by atoms with E-state index in [1.807, 2.05) is 12.1 Å². The molecule has 0 unspecified atom stereocenters. The van der Waals surface area contributed by atoms with Crippen molar-refractivity contribution in [3.05, 3.63) is 58.9 Å². The topological polar surface area (TPSA) is 39.0 Å². The summed E-state index contributed by atoms with van der Waals surface area (Å²) in [5, 5.41) is 2.21. The summed E-state index contributed by atoms with van der Waals surface area (Å²) < 4.78 is 13.2. The van der Waals surface area contributed by atoms with Gasteiger partial charge in [-0.3, -0.25) is 4.40 Å². The number of benzene rings is 1. The SMILES string of the molecule is Cc1nc2c(C)cccn2c1C1=CSCN1c1ccc2c(c1)OCO2. The van der Waals surface area contributed by atoms with Gasteiger partial charge in [0, 0.05) is 18.0 Å². The van der Waals surface area contributed by atoms with Crippen LogP contribution in [0.3, 0.4) is 0 Å². The van der Waals surface area contributed by atoms with Crippen LogP contribution in [0.5, 0.6) is 11.5 Å². The minimum absolute atomic E-state index is 0.294. The van der Waals surface area contributed by atoms with Gasteiger partial charge in [0.2, 0.25) is 6.79 Å². The molecule has 5 rings (SSSR count). The van der Waals surface area contributed by atoms with Gasteiger partial charge in [-0.25, -0.2) is 4.98 Å². The van der Waals surface area contributed by atoms with E-state index in [1.165, 1.54) is 11.3 Å². The van der Waals surface area contributed by atoms with Crippen molar-refractivity contribution in [1.29, 1.82) is 0 Å². The normalized spacial score (nSPS) is 15.9. The highest BCUT2D eigenvalue weighted by Crippen LogP contribution is 2.41. The summed E-state index contributed by atoms with van der Waals surface area (Å²) in [6.45, 7) is 4.46. The lowest BCUT2D eigenvalue weighted by Gasteiger charge is -2.22. The number of anilines is 1. The Morgan fingerprint density at radius 1 is 1.12 bits per heavy atom. The first-order valence-electron chi connectivity index (χ1n) is 8.16. The van der Waals surface area contributed by atoms with E-state index < -0.39 is 0 Å². The van der Waals surface area contributed by atoms with E-state index in [0.717, 1.165) is 40.1 Å². The quantitative estimate of drug-likeness (QED) is 0.692. The molecule has 4 heterocycles. The fourth-order valence-corrected chi connectivity index (χ4v) is 4.31. The van der Waals surface area contributed by atoms with Gasteiger partial charge in [-0.15, -0.1) is 11.8 Å². The predicted octanol–water partition coefficient (Wildman–Crippen LogP) is 4.19. The summed E-state index contributed by atoms with van der Waals surface area (Å²) in [4.78, 5) is 7.08. The van der Waals surface area contributed by atoms with Gasteiger partial charge in [0.1, 0.15) is 5.65 Å². The van der Waals surface area contributed by atoms with Crippen LogP contribution < -0.4 is 14.4 Å². The highest BCUT2D eigenvalue weighted by molar-refractivity contribution is 8.02. The van der Waals surface area contributed by atoms with Crippen molar-refractivity contribution in [2.24, 2.45) is 0 Å². The summed E-state index contributed by atoms with van der Waals surface area (Å²) >= 11 is 1.79. The van der Waals surface area contributed by atoms with Gasteiger partial charge in [-0.2, -0.15) is 0 Å². The number of rotatable bonds is 2. The molecule has 0 N–H and O–H groups in total. The Hall–Kier alpha value is -2.60. The second-order valence-electron chi connectivity index (χ2n) is 6.20. The van der Waals surface area contributed by atoms with Crippen molar-refractivity contribution in [1.82, 2.24) is 9.38 Å². The highest BCUT2D eigenvalue weighted by atomic mass is 32.2. The number of ether oxygens (including phenoxy) is 2. The third-order valence-electron chi connectivity index (χ3n) is 4.62. The van der Waals surface area contributed by atoms with Crippen molar-refractivity contribution < 1.29 is 9.47 Å². The molecule has 0 bridgehead atoms. The molecule has 25 heavy (non-hydrogen) atoms. The van der Waals surface area contributed by atoms with E-state index in [9.17, 15) is 0 Å². The maximum Gasteiger partial charge on any atom is 0.231 e. The summed E-state index contributed by atoms with van der Waals surface area (Å²) in [6.07, 6.45) is 2.08. The van der Waals surface area contributed by atoms with E-state index in [2.05, 4.69) is 53.0 Å². The maximum atomic E-state index is 5.54. The van der Waals surface area contributed by atoms with Crippen molar-refractivity contribution in [3.63, 3.8) is 0 Å². The molecule has 0 atom stereocenters. The van der Waals surface area contributed by atoms with Gasteiger partial charge in [-0.05, 0) is 43.0 Å². The second kappa shape index (κ2) is 5.46. The Kier molecular flexibility index (Phi) is 3.21. The van der Waals surface area contributed by atoms with Crippen LogP contribution in [0.1, 0.15) is 17.0 Å². The van der Waals surface area contributed by atoms with Gasteiger partial charge in [0.25, 0.3) is 0 Å². The Bertz CT molecular complexity index is 1020. The van der Waals surface area contributed by atoms with Crippen LogP contribution in [-0.4, -0.2) is 22.1 Å². The van der Waals surface area contributed by atoms with Gasteiger partial charge in [-0.1, -0.05) is 6.07 Å². The Balaban J connectivity index is 1.62. The molecule has 6 heteroatoms. The van der Waals surface area contributed by atoms with Gasteiger partial charge < -0.3 is 14.4 Å². The Labute approximate surface area is 149 Å². The molecular formula is C19H17N3O2S. The number of hydrogen-bond donors (Lipinski definition) is 0. The average Bonchev–Trinajstić information content (AvgIpc) is 3.31. The van der Waals surface area contributed by atoms with E-state index in [4.69, 9.17) is 14.5 Å². The fraction of sp³-hybridized carbons (Fsp3) is 0.211. The van der Waals surface area contributed by atoms with Crippen LogP contribution in [0.2, 0.25) is 0 Å². The zero-order valence-corrected chi connectivity index (χ0v) is 14.8. The molecular weight excluding hydrogens is 334 g/mol. The van der Waals surface area contributed by atoms with Crippen molar-refractivity contribution in [2.75, 3.05) is 17.6 Å². The summed E-state index contributed by atoms with van der Waals surface area (Å²) in [5.41, 5.74) is 6.63. The lowest BCUT2D eigenvalue weighted by molar-refractivity contribution is 0.174. The van der Waals surface area contributed by atoms with Crippen molar-refractivity contribution >= 4 is 28.8 Å². The molecule has 0 saturated heterocycles. The zero-order valence-electron chi connectivity index (χ0n) is 14.0. The second-order valence-corrected chi connectivity index (χ2v) is 7.02. The van der Waals surface area contributed by atoms with Crippen LogP contribution in [0.25, 0.3) is 11.3 Å². The maximum absolute atomic E-state index is 5.54. The number of imidazole rings is 1. The number of pyridine rings is 1. The van der Waals surface area contributed by atoms with Gasteiger partial charge >= 0.3 is 0 Å². The molecule has 0 fully saturated rings. The molecule has 5 nitrogen and oxygen atoms in total. The number of thioether (sulfide) groups is 1. The standard InChI is InChI=1S/C19H17N3O2S/c1-12-4-3-7-21-18(13(2)20-19(12)21)15-9-25-10-22(15)14-5-6-16-17(8-14)24-11-23-16/h3-9H,10-11H2,1-2H3. The molecule has 2 aromatic heterocycles. The first kappa shape index (κ1) is 14.7. The monoisotopic (exact) mass is 351 g/mol. The van der Waals surface area contributed by atoms with Crippen LogP contribution in [0.15, 0.2) is 41.9 Å². The third-order valence-corrected chi connectivity index (χ3v) is 5.42. The van der Waals surface area contributed by atoms with Crippen LogP contribution in [0, 0.1) is 13.8 Å². The number of hydrogen-bond acceptors (Lipinski definition) is 5. The number of nitrogens with zero attached hydrogens (tertiary/aromatic N) is 3. The number of aryl methyl sites for hydroxylation is 2. The Morgan fingerprint density at radius 2 is 2.00 bits per heavy atom. The Morgan fingerprint density at radius 3 is 2.92 bits per heavy atom. The minimum Gasteiger partial charge on any atom is -0.454 e. The van der Waals surface area contributed by atoms with E-state index in [-0.39, 0.29) is 0 Å². The first-order chi connectivity index (χ1) is 12.2. The highest BCUT2D eigenvalue weighted by Gasteiger charge is 2.26. The largest absolute Gasteiger partial charge is 0.454 e. The molecule has 0 saturated carbocycles. The van der Waals surface area contributed by atoms with E-state index in [1.54, 1.807) is 11.8 Å². The van der Waals surface area contributed by atoms with Crippen LogP contribution >= 0.6 is 11.8 Å². The zero-order chi connectivity index (χ0) is 17.0. The lowest BCUT2D eigenvalue weighted by Crippen LogP contribution is -2.18. The molecule has 3 aromatic rings. The van der Waals surface area contributed by atoms with E-state index in [0.29, 0.717) is 6.79 Å². The lowest BCUT2D eigenvalue weighted by atomic mass is 10.2. The van der Waals surface area contributed by atoms with Crippen molar-refractivity contribution in [3.8, 4) is 11.5 Å². The minimum atomic E-state index is 0.294. The molecule has 2 aliphatic rings. The predicted molar refractivity (Wildman–Crippen MR) is 100 cm³/mol.